The Morgan fingerprint density at radius 1 is 1.28 bits per heavy atom. The van der Waals surface area contributed by atoms with Gasteiger partial charge in [-0.15, -0.1) is 11.8 Å². The average Bonchev–Trinajstić information content (AvgIpc) is 3.20. The molecule has 134 valence electrons. The third-order valence-corrected chi connectivity index (χ3v) is 6.35. The minimum Gasteiger partial charge on any atom is -0.379 e. The number of rotatable bonds is 5. The molecule has 1 N–H and O–H groups in total. The summed E-state index contributed by atoms with van der Waals surface area (Å²) in [5.41, 5.74) is 1.78. The van der Waals surface area contributed by atoms with Gasteiger partial charge in [-0.3, -0.25) is 14.5 Å². The minimum atomic E-state index is -0.363. The van der Waals surface area contributed by atoms with Crippen molar-refractivity contribution in [1.82, 2.24) is 15.1 Å². The minimum absolute atomic E-state index is 0.00667. The van der Waals surface area contributed by atoms with Crippen LogP contribution in [0.15, 0.2) is 24.3 Å². The number of carbonyl (C=O) groups is 2. The van der Waals surface area contributed by atoms with Crippen molar-refractivity contribution < 1.29 is 14.3 Å². The first-order chi connectivity index (χ1) is 12.3. The largest absolute Gasteiger partial charge is 0.379 e. The second kappa shape index (κ2) is 7.35. The third kappa shape index (κ3) is 3.28. The molecule has 0 bridgehead atoms. The average molecular weight is 361 g/mol. The summed E-state index contributed by atoms with van der Waals surface area (Å²) in [6.45, 7) is 5.15. The van der Waals surface area contributed by atoms with E-state index in [1.807, 2.05) is 24.3 Å². The number of carbonyl (C=O) groups excluding carboxylic acids is 2. The van der Waals surface area contributed by atoms with Crippen LogP contribution in [0.25, 0.3) is 0 Å². The van der Waals surface area contributed by atoms with E-state index in [4.69, 9.17) is 4.74 Å². The van der Waals surface area contributed by atoms with Crippen molar-refractivity contribution >= 4 is 23.6 Å². The number of fused-ring (bicyclic) bond motifs is 3. The number of amides is 2. The molecule has 3 heterocycles. The molecule has 3 aliphatic heterocycles. The molecule has 3 aliphatic rings. The van der Waals surface area contributed by atoms with Gasteiger partial charge in [0.2, 0.25) is 5.91 Å². The molecule has 25 heavy (non-hydrogen) atoms. The summed E-state index contributed by atoms with van der Waals surface area (Å²) in [6.07, 6.45) is 0.920. The lowest BCUT2D eigenvalue weighted by Crippen LogP contribution is -2.46. The zero-order chi connectivity index (χ0) is 17.2. The normalized spacial score (nSPS) is 25.8. The van der Waals surface area contributed by atoms with E-state index in [0.29, 0.717) is 12.3 Å². The van der Waals surface area contributed by atoms with Crippen LogP contribution in [0.3, 0.4) is 0 Å². The van der Waals surface area contributed by atoms with E-state index in [2.05, 4.69) is 10.2 Å². The van der Waals surface area contributed by atoms with Crippen LogP contribution in [-0.4, -0.2) is 72.8 Å². The van der Waals surface area contributed by atoms with Crippen LogP contribution in [-0.2, 0) is 9.53 Å². The SMILES string of the molecule is O=C(NCCCN1CCOCC1)[C@H]1CS[C@H]2c3ccccc3C(=O)N12. The van der Waals surface area contributed by atoms with Crippen LogP contribution >= 0.6 is 11.8 Å². The van der Waals surface area contributed by atoms with Gasteiger partial charge in [-0.1, -0.05) is 18.2 Å². The van der Waals surface area contributed by atoms with Gasteiger partial charge in [0.25, 0.3) is 5.91 Å². The lowest BCUT2D eigenvalue weighted by atomic mass is 10.1. The van der Waals surface area contributed by atoms with Gasteiger partial charge in [0.05, 0.1) is 13.2 Å². The number of hydrogen-bond acceptors (Lipinski definition) is 5. The number of ether oxygens (including phenoxy) is 1. The molecular weight excluding hydrogens is 338 g/mol. The monoisotopic (exact) mass is 361 g/mol. The summed E-state index contributed by atoms with van der Waals surface area (Å²) in [4.78, 5) is 29.3. The van der Waals surface area contributed by atoms with Crippen LogP contribution in [0.4, 0.5) is 0 Å². The molecule has 0 aliphatic carbocycles. The molecular formula is C18H23N3O3S. The Balaban J connectivity index is 1.29. The smallest absolute Gasteiger partial charge is 0.256 e. The summed E-state index contributed by atoms with van der Waals surface area (Å²) in [5, 5.41) is 3.01. The highest BCUT2D eigenvalue weighted by atomic mass is 32.2. The Morgan fingerprint density at radius 3 is 2.92 bits per heavy atom. The van der Waals surface area contributed by atoms with Gasteiger partial charge >= 0.3 is 0 Å². The van der Waals surface area contributed by atoms with Gasteiger partial charge in [0, 0.05) is 31.0 Å². The summed E-state index contributed by atoms with van der Waals surface area (Å²) in [7, 11) is 0. The molecule has 6 nitrogen and oxygen atoms in total. The lowest BCUT2D eigenvalue weighted by Gasteiger charge is -2.26. The number of thioether (sulfide) groups is 1. The molecule has 1 aromatic rings. The van der Waals surface area contributed by atoms with Gasteiger partial charge in [-0.05, 0) is 24.6 Å². The number of morpholine rings is 1. The van der Waals surface area contributed by atoms with Crippen molar-refractivity contribution in [2.24, 2.45) is 0 Å². The zero-order valence-electron chi connectivity index (χ0n) is 14.1. The van der Waals surface area contributed by atoms with Crippen LogP contribution in [0, 0.1) is 0 Å². The quantitative estimate of drug-likeness (QED) is 0.796. The van der Waals surface area contributed by atoms with Crippen LogP contribution < -0.4 is 5.32 Å². The molecule has 7 heteroatoms. The Hall–Kier alpha value is -1.57. The lowest BCUT2D eigenvalue weighted by molar-refractivity contribution is -0.124. The van der Waals surface area contributed by atoms with Gasteiger partial charge in [-0.25, -0.2) is 0 Å². The molecule has 4 rings (SSSR count). The summed E-state index contributed by atoms with van der Waals surface area (Å²) in [6, 6.07) is 7.32. The Kier molecular flexibility index (Phi) is 4.96. The summed E-state index contributed by atoms with van der Waals surface area (Å²) in [5.74, 6) is 0.622. The molecule has 2 fully saturated rings. The molecule has 0 unspecified atom stereocenters. The second-order valence-corrected chi connectivity index (χ2v) is 7.71. The topological polar surface area (TPSA) is 61.9 Å². The Morgan fingerprint density at radius 2 is 2.08 bits per heavy atom. The van der Waals surface area contributed by atoms with E-state index in [0.717, 1.165) is 50.4 Å². The van der Waals surface area contributed by atoms with E-state index in [1.165, 1.54) is 0 Å². The van der Waals surface area contributed by atoms with E-state index < -0.39 is 0 Å². The van der Waals surface area contributed by atoms with Crippen molar-refractivity contribution in [1.29, 1.82) is 0 Å². The molecule has 0 spiro atoms. The first-order valence-electron chi connectivity index (χ1n) is 8.87. The highest BCUT2D eigenvalue weighted by molar-refractivity contribution is 7.99. The van der Waals surface area contributed by atoms with E-state index >= 15 is 0 Å². The van der Waals surface area contributed by atoms with E-state index in [-0.39, 0.29) is 23.2 Å². The van der Waals surface area contributed by atoms with Crippen molar-refractivity contribution in [2.75, 3.05) is 45.1 Å². The van der Waals surface area contributed by atoms with Gasteiger partial charge in [0.1, 0.15) is 11.4 Å². The van der Waals surface area contributed by atoms with E-state index in [9.17, 15) is 9.59 Å². The predicted octanol–water partition coefficient (Wildman–Crippen LogP) is 1.09. The maximum atomic E-state index is 12.6. The number of nitrogens with zero attached hydrogens (tertiary/aromatic N) is 2. The van der Waals surface area contributed by atoms with Gasteiger partial charge in [0.15, 0.2) is 0 Å². The fourth-order valence-electron chi connectivity index (χ4n) is 3.70. The highest BCUT2D eigenvalue weighted by Crippen LogP contribution is 2.47. The summed E-state index contributed by atoms with van der Waals surface area (Å²) < 4.78 is 5.34. The number of benzene rings is 1. The van der Waals surface area contributed by atoms with Crippen molar-refractivity contribution in [3.8, 4) is 0 Å². The van der Waals surface area contributed by atoms with Crippen LogP contribution in [0.5, 0.6) is 0 Å². The summed E-state index contributed by atoms with van der Waals surface area (Å²) >= 11 is 1.68. The third-order valence-electron chi connectivity index (χ3n) is 5.05. The fraction of sp³-hybridized carbons (Fsp3) is 0.556. The molecule has 0 aromatic heterocycles. The zero-order valence-corrected chi connectivity index (χ0v) is 15.0. The first-order valence-corrected chi connectivity index (χ1v) is 9.91. The Labute approximate surface area is 151 Å². The molecule has 0 saturated carbocycles. The molecule has 0 radical (unpaired) electrons. The van der Waals surface area contributed by atoms with Crippen molar-refractivity contribution in [3.63, 3.8) is 0 Å². The first kappa shape index (κ1) is 16.9. The number of hydrogen-bond donors (Lipinski definition) is 1. The van der Waals surface area contributed by atoms with Crippen molar-refractivity contribution in [3.05, 3.63) is 35.4 Å². The standard InChI is InChI=1S/C18H23N3O3S/c22-16(19-6-3-7-20-8-10-24-11-9-20)15-12-25-18-14-5-2-1-4-13(14)17(23)21(15)18/h1-2,4-5,15,18H,3,6-12H2,(H,19,22)/t15-,18+/m1/s1. The number of nitrogens with one attached hydrogen (secondary N) is 1. The highest BCUT2D eigenvalue weighted by Gasteiger charge is 2.48. The second-order valence-electron chi connectivity index (χ2n) is 6.60. The predicted molar refractivity (Wildman–Crippen MR) is 96.5 cm³/mol. The van der Waals surface area contributed by atoms with Gasteiger partial charge < -0.3 is 15.0 Å². The van der Waals surface area contributed by atoms with Crippen LogP contribution in [0.1, 0.15) is 27.7 Å². The van der Waals surface area contributed by atoms with Crippen LogP contribution in [0.2, 0.25) is 0 Å². The maximum Gasteiger partial charge on any atom is 0.256 e. The van der Waals surface area contributed by atoms with E-state index in [1.54, 1.807) is 16.7 Å². The molecule has 1 aromatic carbocycles. The van der Waals surface area contributed by atoms with Crippen molar-refractivity contribution in [2.45, 2.75) is 17.8 Å². The van der Waals surface area contributed by atoms with Gasteiger partial charge in [-0.2, -0.15) is 0 Å². The molecule has 2 atom stereocenters. The molecule has 2 saturated heterocycles. The molecule has 2 amide bonds. The Bertz CT molecular complexity index is 663. The fourth-order valence-corrected chi connectivity index (χ4v) is 5.16. The maximum absolute atomic E-state index is 12.6.